The van der Waals surface area contributed by atoms with E-state index >= 15 is 0 Å². The number of carbonyl (C=O) groups is 1. The first-order valence-corrected chi connectivity index (χ1v) is 5.34. The van der Waals surface area contributed by atoms with Crippen molar-refractivity contribution in [1.29, 1.82) is 0 Å². The number of hydrogen-bond donors (Lipinski definition) is 2. The summed E-state index contributed by atoms with van der Waals surface area (Å²) in [6.07, 6.45) is 3.06. The molecule has 5 nitrogen and oxygen atoms in total. The molecule has 1 heterocycles. The molecule has 16 heavy (non-hydrogen) atoms. The van der Waals surface area contributed by atoms with E-state index in [1.807, 2.05) is 13.8 Å². The number of rotatable bonds is 6. The Morgan fingerprint density at radius 2 is 2.38 bits per heavy atom. The number of carbonyl (C=O) groups excluding carboxylic acids is 1. The van der Waals surface area contributed by atoms with E-state index in [-0.39, 0.29) is 17.9 Å². The molecule has 1 rings (SSSR count). The van der Waals surface area contributed by atoms with Crippen LogP contribution in [0, 0.1) is 5.41 Å². The molecule has 0 saturated carbocycles. The maximum Gasteiger partial charge on any atom is 0.273 e. The van der Waals surface area contributed by atoms with Crippen molar-refractivity contribution in [3.8, 4) is 0 Å². The third kappa shape index (κ3) is 4.02. The van der Waals surface area contributed by atoms with Crippen molar-refractivity contribution in [2.75, 3.05) is 13.2 Å². The molecule has 0 unspecified atom stereocenters. The van der Waals surface area contributed by atoms with Gasteiger partial charge in [-0.15, -0.1) is 0 Å². The second-order valence-corrected chi connectivity index (χ2v) is 4.57. The van der Waals surface area contributed by atoms with Gasteiger partial charge in [-0.3, -0.25) is 4.79 Å². The van der Waals surface area contributed by atoms with Crippen molar-refractivity contribution in [2.24, 2.45) is 5.41 Å². The lowest BCUT2D eigenvalue weighted by Gasteiger charge is -2.20. The van der Waals surface area contributed by atoms with E-state index < -0.39 is 0 Å². The Bertz CT molecular complexity index is 320. The first kappa shape index (κ1) is 12.7. The highest BCUT2D eigenvalue weighted by atomic mass is 16.5. The Labute approximate surface area is 94.8 Å². The summed E-state index contributed by atoms with van der Waals surface area (Å²) in [6, 6.07) is 1.52. The number of nitrogens with one attached hydrogen (secondary N) is 1. The van der Waals surface area contributed by atoms with E-state index in [0.717, 1.165) is 12.8 Å². The van der Waals surface area contributed by atoms with Gasteiger partial charge in [-0.2, -0.15) is 0 Å². The minimum Gasteiger partial charge on any atom is -0.396 e. The zero-order valence-corrected chi connectivity index (χ0v) is 9.69. The summed E-state index contributed by atoms with van der Waals surface area (Å²) in [5.74, 6) is -0.226. The molecule has 0 aromatic carbocycles. The zero-order chi connectivity index (χ0) is 12.0. The molecule has 2 N–H and O–H groups in total. The predicted octanol–water partition coefficient (Wildman–Crippen LogP) is 1.20. The summed E-state index contributed by atoms with van der Waals surface area (Å²) in [5.41, 5.74) is 0.208. The first-order valence-electron chi connectivity index (χ1n) is 5.34. The highest BCUT2D eigenvalue weighted by molar-refractivity contribution is 5.91. The molecule has 1 aromatic rings. The summed E-state index contributed by atoms with van der Waals surface area (Å²) in [4.78, 5) is 11.4. The fraction of sp³-hybridized carbons (Fsp3) is 0.636. The number of hydrogen-bond acceptors (Lipinski definition) is 4. The monoisotopic (exact) mass is 226 g/mol. The SMILES string of the molecule is CC(C)(CO)CCCNC(=O)c1ccon1. The quantitative estimate of drug-likeness (QED) is 0.715. The van der Waals surface area contributed by atoms with Crippen LogP contribution >= 0.6 is 0 Å². The molecule has 0 aliphatic carbocycles. The molecule has 0 spiro atoms. The lowest BCUT2D eigenvalue weighted by molar-refractivity contribution is 0.0939. The lowest BCUT2D eigenvalue weighted by Crippen LogP contribution is -2.26. The molecule has 5 heteroatoms. The second-order valence-electron chi connectivity index (χ2n) is 4.57. The normalized spacial score (nSPS) is 11.4. The van der Waals surface area contributed by atoms with Crippen molar-refractivity contribution in [3.63, 3.8) is 0 Å². The molecule has 0 bridgehead atoms. The van der Waals surface area contributed by atoms with Gasteiger partial charge in [0, 0.05) is 19.2 Å². The van der Waals surface area contributed by atoms with Gasteiger partial charge in [0.1, 0.15) is 6.26 Å². The highest BCUT2D eigenvalue weighted by Gasteiger charge is 2.16. The second kappa shape index (κ2) is 5.65. The van der Waals surface area contributed by atoms with Gasteiger partial charge in [0.25, 0.3) is 5.91 Å². The van der Waals surface area contributed by atoms with Crippen LogP contribution < -0.4 is 5.32 Å². The standard InChI is InChI=1S/C11H18N2O3/c1-11(2,8-14)5-3-6-12-10(15)9-4-7-16-13-9/h4,7,14H,3,5-6,8H2,1-2H3,(H,12,15). The topological polar surface area (TPSA) is 75.4 Å². The summed E-state index contributed by atoms with van der Waals surface area (Å²) < 4.78 is 4.57. The minimum atomic E-state index is -0.226. The van der Waals surface area contributed by atoms with E-state index in [1.54, 1.807) is 0 Å². The van der Waals surface area contributed by atoms with Crippen molar-refractivity contribution >= 4 is 5.91 Å². The Morgan fingerprint density at radius 1 is 1.62 bits per heavy atom. The van der Waals surface area contributed by atoms with Gasteiger partial charge in [0.05, 0.1) is 0 Å². The number of aliphatic hydroxyl groups is 1. The molecule has 1 amide bonds. The van der Waals surface area contributed by atoms with Gasteiger partial charge < -0.3 is 14.9 Å². The molecule has 0 aliphatic heterocycles. The maximum atomic E-state index is 11.4. The van der Waals surface area contributed by atoms with Crippen LogP contribution in [0.5, 0.6) is 0 Å². The van der Waals surface area contributed by atoms with Gasteiger partial charge in [0.2, 0.25) is 0 Å². The van der Waals surface area contributed by atoms with Crippen molar-refractivity contribution in [1.82, 2.24) is 10.5 Å². The fourth-order valence-electron chi connectivity index (χ4n) is 1.27. The number of aliphatic hydroxyl groups excluding tert-OH is 1. The van der Waals surface area contributed by atoms with Gasteiger partial charge in [-0.1, -0.05) is 19.0 Å². The maximum absolute atomic E-state index is 11.4. The number of nitrogens with zero attached hydrogens (tertiary/aromatic N) is 1. The third-order valence-corrected chi connectivity index (χ3v) is 2.41. The summed E-state index contributed by atoms with van der Waals surface area (Å²) in [6.45, 7) is 4.72. The van der Waals surface area contributed by atoms with E-state index in [9.17, 15) is 4.79 Å². The van der Waals surface area contributed by atoms with E-state index in [0.29, 0.717) is 12.2 Å². The molecule has 0 saturated heterocycles. The molecule has 0 aliphatic rings. The van der Waals surface area contributed by atoms with E-state index in [2.05, 4.69) is 15.0 Å². The highest BCUT2D eigenvalue weighted by Crippen LogP contribution is 2.20. The Morgan fingerprint density at radius 3 is 2.94 bits per heavy atom. The summed E-state index contributed by atoms with van der Waals surface area (Å²) in [7, 11) is 0. The first-order chi connectivity index (χ1) is 7.55. The molecule has 1 aromatic heterocycles. The molecular formula is C11H18N2O3. The van der Waals surface area contributed by atoms with Crippen LogP contribution in [0.3, 0.4) is 0 Å². The predicted molar refractivity (Wildman–Crippen MR) is 58.9 cm³/mol. The van der Waals surface area contributed by atoms with Crippen molar-refractivity contribution in [3.05, 3.63) is 18.0 Å². The lowest BCUT2D eigenvalue weighted by atomic mass is 9.89. The smallest absolute Gasteiger partial charge is 0.273 e. The molecular weight excluding hydrogens is 208 g/mol. The van der Waals surface area contributed by atoms with Gasteiger partial charge in [-0.05, 0) is 18.3 Å². The molecule has 90 valence electrons. The molecule has 0 fully saturated rings. The molecule has 0 atom stereocenters. The zero-order valence-electron chi connectivity index (χ0n) is 9.69. The van der Waals surface area contributed by atoms with Crippen LogP contribution in [0.1, 0.15) is 37.2 Å². The largest absolute Gasteiger partial charge is 0.396 e. The van der Waals surface area contributed by atoms with Gasteiger partial charge in [0.15, 0.2) is 5.69 Å². The Hall–Kier alpha value is -1.36. The van der Waals surface area contributed by atoms with Crippen LogP contribution in [0.4, 0.5) is 0 Å². The number of aromatic nitrogens is 1. The Balaban J connectivity index is 2.19. The average molecular weight is 226 g/mol. The van der Waals surface area contributed by atoms with Crippen LogP contribution in [-0.4, -0.2) is 29.3 Å². The van der Waals surface area contributed by atoms with Crippen LogP contribution in [0.2, 0.25) is 0 Å². The molecule has 0 radical (unpaired) electrons. The van der Waals surface area contributed by atoms with Crippen LogP contribution in [0.15, 0.2) is 16.9 Å². The number of amides is 1. The average Bonchev–Trinajstić information content (AvgIpc) is 2.77. The van der Waals surface area contributed by atoms with Crippen LogP contribution in [0.25, 0.3) is 0 Å². The van der Waals surface area contributed by atoms with E-state index in [4.69, 9.17) is 5.11 Å². The van der Waals surface area contributed by atoms with E-state index in [1.165, 1.54) is 12.3 Å². The summed E-state index contributed by atoms with van der Waals surface area (Å²) in [5, 5.41) is 15.3. The van der Waals surface area contributed by atoms with Crippen molar-refractivity contribution in [2.45, 2.75) is 26.7 Å². The van der Waals surface area contributed by atoms with Crippen molar-refractivity contribution < 1.29 is 14.4 Å². The Kier molecular flexibility index (Phi) is 4.49. The third-order valence-electron chi connectivity index (χ3n) is 2.41. The minimum absolute atomic E-state index is 0.0847. The van der Waals surface area contributed by atoms with Gasteiger partial charge in [-0.25, -0.2) is 0 Å². The summed E-state index contributed by atoms with van der Waals surface area (Å²) >= 11 is 0. The fourth-order valence-corrected chi connectivity index (χ4v) is 1.27. The van der Waals surface area contributed by atoms with Crippen LogP contribution in [-0.2, 0) is 0 Å². The van der Waals surface area contributed by atoms with Gasteiger partial charge >= 0.3 is 0 Å².